The lowest BCUT2D eigenvalue weighted by atomic mass is 10.1. The fourth-order valence-electron chi connectivity index (χ4n) is 1.70. The van der Waals surface area contributed by atoms with E-state index in [1.54, 1.807) is 6.92 Å². The van der Waals surface area contributed by atoms with Gasteiger partial charge in [0.2, 0.25) is 0 Å². The molecule has 1 aromatic rings. The Bertz CT molecular complexity index is 439. The van der Waals surface area contributed by atoms with Crippen molar-refractivity contribution in [3.63, 3.8) is 0 Å². The van der Waals surface area contributed by atoms with Gasteiger partial charge in [-0.25, -0.2) is 4.68 Å². The van der Waals surface area contributed by atoms with Crippen LogP contribution in [0.25, 0.3) is 0 Å². The van der Waals surface area contributed by atoms with Crippen molar-refractivity contribution in [2.75, 3.05) is 0 Å². The number of rotatable bonds is 1. The summed E-state index contributed by atoms with van der Waals surface area (Å²) in [6, 6.07) is 1.85. The summed E-state index contributed by atoms with van der Waals surface area (Å²) in [5.74, 6) is -0.127. The predicted octanol–water partition coefficient (Wildman–Crippen LogP) is 2.72. The average molecular weight is 247 g/mol. The van der Waals surface area contributed by atoms with Gasteiger partial charge in [-0.3, -0.25) is 4.79 Å². The van der Waals surface area contributed by atoms with Gasteiger partial charge in [0.05, 0.1) is 11.1 Å². The Balaban J connectivity index is 2.35. The molecule has 0 saturated heterocycles. The zero-order valence-electron chi connectivity index (χ0n) is 8.84. The number of nitrogens with zero attached hydrogens (tertiary/aromatic N) is 2. The van der Waals surface area contributed by atoms with Crippen LogP contribution in [0.1, 0.15) is 29.5 Å². The molecule has 0 bridgehead atoms. The second-order valence-electron chi connectivity index (χ2n) is 4.36. The number of carbonyl (C=O) groups is 1. The highest BCUT2D eigenvalue weighted by Crippen LogP contribution is 2.64. The maximum absolute atomic E-state index is 12.1. The summed E-state index contributed by atoms with van der Waals surface area (Å²) in [5, 5.41) is 4.13. The van der Waals surface area contributed by atoms with E-state index in [0.717, 1.165) is 11.4 Å². The van der Waals surface area contributed by atoms with Gasteiger partial charge in [-0.2, -0.15) is 5.10 Å². The van der Waals surface area contributed by atoms with Gasteiger partial charge in [0.15, 0.2) is 0 Å². The molecule has 1 fully saturated rings. The van der Waals surface area contributed by atoms with E-state index < -0.39 is 9.75 Å². The van der Waals surface area contributed by atoms with Gasteiger partial charge in [0.1, 0.15) is 4.33 Å². The molecule has 1 atom stereocenters. The van der Waals surface area contributed by atoms with Crippen LogP contribution in [0.15, 0.2) is 6.07 Å². The minimum atomic E-state index is -0.934. The zero-order valence-corrected chi connectivity index (χ0v) is 10.4. The molecular weight excluding hydrogens is 235 g/mol. The van der Waals surface area contributed by atoms with Crippen molar-refractivity contribution in [3.05, 3.63) is 17.5 Å². The first kappa shape index (κ1) is 11.0. The van der Waals surface area contributed by atoms with Gasteiger partial charge in [-0.1, -0.05) is 0 Å². The topological polar surface area (TPSA) is 34.9 Å². The molecule has 2 rings (SSSR count). The van der Waals surface area contributed by atoms with Gasteiger partial charge >= 0.3 is 0 Å². The SMILES string of the molecule is Cc1cc(C)n(C(=O)C2(C)CC2(Cl)Cl)n1. The summed E-state index contributed by atoms with van der Waals surface area (Å²) in [4.78, 5) is 12.1. The fourth-order valence-corrected chi connectivity index (χ4v) is 2.40. The van der Waals surface area contributed by atoms with Crippen LogP contribution >= 0.6 is 23.2 Å². The standard InChI is InChI=1S/C10H12Cl2N2O/c1-6-4-7(2)14(13-6)8(15)9(3)5-10(9,11)12/h4H,5H2,1-3H3. The molecule has 15 heavy (non-hydrogen) atoms. The van der Waals surface area contributed by atoms with Crippen LogP contribution < -0.4 is 0 Å². The number of hydrogen-bond acceptors (Lipinski definition) is 2. The molecule has 0 aliphatic heterocycles. The largest absolute Gasteiger partial charge is 0.272 e. The minimum absolute atomic E-state index is 0.127. The van der Waals surface area contributed by atoms with Crippen molar-refractivity contribution in [1.29, 1.82) is 0 Å². The van der Waals surface area contributed by atoms with Crippen molar-refractivity contribution in [2.24, 2.45) is 5.41 Å². The van der Waals surface area contributed by atoms with E-state index in [0.29, 0.717) is 6.42 Å². The Hall–Kier alpha value is -0.540. The Morgan fingerprint density at radius 2 is 2.07 bits per heavy atom. The highest BCUT2D eigenvalue weighted by molar-refractivity contribution is 6.53. The molecule has 3 nitrogen and oxygen atoms in total. The second-order valence-corrected chi connectivity index (χ2v) is 5.84. The minimum Gasteiger partial charge on any atom is -0.272 e. The van der Waals surface area contributed by atoms with Gasteiger partial charge in [0.25, 0.3) is 5.91 Å². The lowest BCUT2D eigenvalue weighted by Crippen LogP contribution is -2.26. The molecule has 0 aromatic carbocycles. The maximum atomic E-state index is 12.1. The third kappa shape index (κ3) is 1.49. The van der Waals surface area contributed by atoms with E-state index in [4.69, 9.17) is 23.2 Å². The van der Waals surface area contributed by atoms with Gasteiger partial charge in [0, 0.05) is 5.69 Å². The third-order valence-corrected chi connectivity index (χ3v) is 4.03. The van der Waals surface area contributed by atoms with E-state index >= 15 is 0 Å². The van der Waals surface area contributed by atoms with Crippen LogP contribution in [0.4, 0.5) is 0 Å². The summed E-state index contributed by atoms with van der Waals surface area (Å²) in [5.41, 5.74) is 0.939. The van der Waals surface area contributed by atoms with Crippen molar-refractivity contribution >= 4 is 29.1 Å². The van der Waals surface area contributed by atoms with Crippen molar-refractivity contribution < 1.29 is 4.79 Å². The number of carbonyl (C=O) groups excluding carboxylic acids is 1. The molecule has 1 aliphatic rings. The first-order valence-corrected chi connectivity index (χ1v) is 5.49. The van der Waals surface area contributed by atoms with Crippen LogP contribution in [-0.4, -0.2) is 20.0 Å². The number of hydrogen-bond donors (Lipinski definition) is 0. The summed E-state index contributed by atoms with van der Waals surface area (Å²) in [7, 11) is 0. The van der Waals surface area contributed by atoms with E-state index in [-0.39, 0.29) is 5.91 Å². The lowest BCUT2D eigenvalue weighted by molar-refractivity contribution is 0.0803. The number of aryl methyl sites for hydroxylation is 2. The molecule has 0 amide bonds. The smallest absolute Gasteiger partial charge is 0.256 e. The molecule has 1 unspecified atom stereocenters. The molecule has 5 heteroatoms. The highest BCUT2D eigenvalue weighted by atomic mass is 35.5. The molecule has 0 N–H and O–H groups in total. The van der Waals surface area contributed by atoms with Crippen LogP contribution in [0.3, 0.4) is 0 Å². The van der Waals surface area contributed by atoms with Crippen molar-refractivity contribution in [2.45, 2.75) is 31.5 Å². The average Bonchev–Trinajstić information content (AvgIpc) is 2.46. The van der Waals surface area contributed by atoms with Crippen LogP contribution in [0, 0.1) is 19.3 Å². The third-order valence-electron chi connectivity index (χ3n) is 2.93. The molecule has 0 spiro atoms. The van der Waals surface area contributed by atoms with Gasteiger partial charge < -0.3 is 0 Å². The van der Waals surface area contributed by atoms with E-state index in [9.17, 15) is 4.79 Å². The summed E-state index contributed by atoms with van der Waals surface area (Å²) in [6.45, 7) is 5.46. The van der Waals surface area contributed by atoms with Gasteiger partial charge in [-0.05, 0) is 33.3 Å². The van der Waals surface area contributed by atoms with Crippen LogP contribution in [0.2, 0.25) is 0 Å². The highest BCUT2D eigenvalue weighted by Gasteiger charge is 2.68. The van der Waals surface area contributed by atoms with E-state index in [1.807, 2.05) is 19.9 Å². The first-order chi connectivity index (χ1) is 6.78. The van der Waals surface area contributed by atoms with Gasteiger partial charge in [-0.15, -0.1) is 23.2 Å². The number of halogens is 2. The van der Waals surface area contributed by atoms with Crippen LogP contribution in [0.5, 0.6) is 0 Å². The second kappa shape index (κ2) is 2.98. The quantitative estimate of drug-likeness (QED) is 0.715. The molecule has 1 aliphatic carbocycles. The van der Waals surface area contributed by atoms with E-state index in [1.165, 1.54) is 4.68 Å². The normalized spacial score (nSPS) is 27.8. The monoisotopic (exact) mass is 246 g/mol. The fraction of sp³-hybridized carbons (Fsp3) is 0.600. The molecule has 1 heterocycles. The molecule has 1 aromatic heterocycles. The molecule has 82 valence electrons. The summed E-state index contributed by atoms with van der Waals surface area (Å²) in [6.07, 6.45) is 0.486. The summed E-state index contributed by atoms with van der Waals surface area (Å²) >= 11 is 11.9. The Morgan fingerprint density at radius 1 is 1.53 bits per heavy atom. The molecule has 1 saturated carbocycles. The van der Waals surface area contributed by atoms with Crippen molar-refractivity contribution in [1.82, 2.24) is 9.78 Å². The van der Waals surface area contributed by atoms with Crippen LogP contribution in [-0.2, 0) is 0 Å². The first-order valence-electron chi connectivity index (χ1n) is 4.74. The number of aromatic nitrogens is 2. The molecular formula is C10H12Cl2N2O. The Kier molecular flexibility index (Phi) is 2.18. The number of alkyl halides is 2. The zero-order chi connectivity index (χ0) is 11.4. The van der Waals surface area contributed by atoms with Crippen molar-refractivity contribution in [3.8, 4) is 0 Å². The molecule has 0 radical (unpaired) electrons. The van der Waals surface area contributed by atoms with E-state index in [2.05, 4.69) is 5.10 Å². The summed E-state index contributed by atoms with van der Waals surface area (Å²) < 4.78 is 0.457. The Morgan fingerprint density at radius 3 is 2.40 bits per heavy atom. The Labute approximate surface area is 98.4 Å². The maximum Gasteiger partial charge on any atom is 0.256 e. The predicted molar refractivity (Wildman–Crippen MR) is 59.5 cm³/mol. The lowest BCUT2D eigenvalue weighted by Gasteiger charge is -2.11.